The summed E-state index contributed by atoms with van der Waals surface area (Å²) in [6.07, 6.45) is 6.65. The van der Waals surface area contributed by atoms with Crippen LogP contribution in [0.4, 0.5) is 0 Å². The fourth-order valence-electron chi connectivity index (χ4n) is 2.37. The standard InChI is InChI=1S/C13H24N2S/c1-4-12(3)10-16-11(15-12)14-9-13(5-2)7-6-8-13/h4-10H2,1-3H3,(H,14,15). The molecule has 1 atom stereocenters. The molecule has 2 aliphatic rings. The molecule has 1 aliphatic heterocycles. The first-order valence-corrected chi connectivity index (χ1v) is 7.55. The SMILES string of the molecule is CCC1(CN=C2NC(C)(CC)CS2)CCC1. The Morgan fingerprint density at radius 2 is 2.06 bits per heavy atom. The van der Waals surface area contributed by atoms with Crippen LogP contribution in [0.3, 0.4) is 0 Å². The lowest BCUT2D eigenvalue weighted by molar-refractivity contribution is 0.139. The summed E-state index contributed by atoms with van der Waals surface area (Å²) in [6.45, 7) is 7.89. The van der Waals surface area contributed by atoms with Crippen molar-refractivity contribution >= 4 is 16.9 Å². The molecule has 0 aromatic rings. The summed E-state index contributed by atoms with van der Waals surface area (Å²) < 4.78 is 0. The molecule has 1 saturated carbocycles. The zero-order chi connectivity index (χ0) is 11.6. The second-order valence-corrected chi connectivity index (χ2v) is 6.62. The molecule has 0 aromatic carbocycles. The second kappa shape index (κ2) is 4.59. The smallest absolute Gasteiger partial charge is 0.157 e. The highest BCUT2D eigenvalue weighted by Crippen LogP contribution is 2.44. The predicted octanol–water partition coefficient (Wildman–Crippen LogP) is 3.43. The first kappa shape index (κ1) is 12.3. The van der Waals surface area contributed by atoms with E-state index in [4.69, 9.17) is 4.99 Å². The van der Waals surface area contributed by atoms with E-state index in [2.05, 4.69) is 26.1 Å². The van der Waals surface area contributed by atoms with E-state index in [0.29, 0.717) is 5.41 Å². The summed E-state index contributed by atoms with van der Waals surface area (Å²) in [5.74, 6) is 1.17. The number of rotatable bonds is 4. The van der Waals surface area contributed by atoms with E-state index in [9.17, 15) is 0 Å². The fourth-order valence-corrected chi connectivity index (χ4v) is 3.58. The molecular weight excluding hydrogens is 216 g/mol. The van der Waals surface area contributed by atoms with Gasteiger partial charge in [-0.25, -0.2) is 0 Å². The van der Waals surface area contributed by atoms with Gasteiger partial charge in [-0.2, -0.15) is 0 Å². The number of hydrogen-bond donors (Lipinski definition) is 1. The highest BCUT2D eigenvalue weighted by molar-refractivity contribution is 8.14. The van der Waals surface area contributed by atoms with Gasteiger partial charge in [-0.05, 0) is 38.0 Å². The fraction of sp³-hybridized carbons (Fsp3) is 0.923. The lowest BCUT2D eigenvalue weighted by Crippen LogP contribution is -2.40. The van der Waals surface area contributed by atoms with Gasteiger partial charge in [0.1, 0.15) is 0 Å². The van der Waals surface area contributed by atoms with Gasteiger partial charge in [-0.1, -0.05) is 32.0 Å². The molecule has 2 fully saturated rings. The molecule has 1 saturated heterocycles. The molecule has 92 valence electrons. The van der Waals surface area contributed by atoms with E-state index >= 15 is 0 Å². The predicted molar refractivity (Wildman–Crippen MR) is 73.2 cm³/mol. The van der Waals surface area contributed by atoms with Gasteiger partial charge in [-0.3, -0.25) is 4.99 Å². The molecule has 16 heavy (non-hydrogen) atoms. The third-order valence-corrected chi connectivity index (χ3v) is 5.72. The number of nitrogens with zero attached hydrogens (tertiary/aromatic N) is 1. The Hall–Kier alpha value is -0.180. The maximum Gasteiger partial charge on any atom is 0.157 e. The molecule has 1 aliphatic carbocycles. The molecule has 0 spiro atoms. The van der Waals surface area contributed by atoms with Crippen molar-refractivity contribution in [3.63, 3.8) is 0 Å². The van der Waals surface area contributed by atoms with Crippen molar-refractivity contribution in [3.05, 3.63) is 0 Å². The molecule has 1 unspecified atom stereocenters. The number of aliphatic imine (C=N–C) groups is 1. The Bertz CT molecular complexity index is 278. The maximum absolute atomic E-state index is 4.80. The van der Waals surface area contributed by atoms with Gasteiger partial charge >= 0.3 is 0 Å². The minimum atomic E-state index is 0.280. The van der Waals surface area contributed by atoms with Crippen LogP contribution in [0.15, 0.2) is 4.99 Å². The minimum absolute atomic E-state index is 0.280. The highest BCUT2D eigenvalue weighted by atomic mass is 32.2. The molecule has 0 bridgehead atoms. The summed E-state index contributed by atoms with van der Waals surface area (Å²) >= 11 is 1.90. The molecule has 1 N–H and O–H groups in total. The summed E-state index contributed by atoms with van der Waals surface area (Å²) in [5, 5.41) is 4.76. The Morgan fingerprint density at radius 3 is 2.50 bits per heavy atom. The van der Waals surface area contributed by atoms with Gasteiger partial charge in [0.05, 0.1) is 0 Å². The van der Waals surface area contributed by atoms with Gasteiger partial charge in [0, 0.05) is 17.8 Å². The topological polar surface area (TPSA) is 24.4 Å². The quantitative estimate of drug-likeness (QED) is 0.814. The second-order valence-electron chi connectivity index (χ2n) is 5.66. The first-order chi connectivity index (χ1) is 7.61. The van der Waals surface area contributed by atoms with E-state index < -0.39 is 0 Å². The zero-order valence-electron chi connectivity index (χ0n) is 10.8. The van der Waals surface area contributed by atoms with Crippen molar-refractivity contribution < 1.29 is 0 Å². The monoisotopic (exact) mass is 240 g/mol. The van der Waals surface area contributed by atoms with Crippen LogP contribution in [0.5, 0.6) is 0 Å². The molecule has 3 heteroatoms. The Morgan fingerprint density at radius 1 is 1.31 bits per heavy atom. The van der Waals surface area contributed by atoms with Crippen molar-refractivity contribution in [2.75, 3.05) is 12.3 Å². The van der Waals surface area contributed by atoms with Crippen LogP contribution in [0.2, 0.25) is 0 Å². The van der Waals surface area contributed by atoms with E-state index in [0.717, 1.165) is 6.54 Å². The number of hydrogen-bond acceptors (Lipinski definition) is 2. The van der Waals surface area contributed by atoms with Gasteiger partial charge < -0.3 is 5.32 Å². The van der Waals surface area contributed by atoms with Crippen molar-refractivity contribution in [2.45, 2.75) is 58.4 Å². The van der Waals surface area contributed by atoms with Crippen LogP contribution in [0, 0.1) is 5.41 Å². The van der Waals surface area contributed by atoms with Crippen molar-refractivity contribution in [1.82, 2.24) is 5.32 Å². The summed E-state index contributed by atoms with van der Waals surface area (Å²) in [7, 11) is 0. The van der Waals surface area contributed by atoms with Gasteiger partial charge in [-0.15, -0.1) is 0 Å². The molecule has 1 heterocycles. The van der Waals surface area contributed by atoms with Crippen molar-refractivity contribution in [2.24, 2.45) is 10.4 Å². The third kappa shape index (κ3) is 2.39. The molecular formula is C13H24N2S. The highest BCUT2D eigenvalue weighted by Gasteiger charge is 2.36. The number of amidine groups is 1. The van der Waals surface area contributed by atoms with E-state index in [1.54, 1.807) is 0 Å². The minimum Gasteiger partial charge on any atom is -0.359 e. The Kier molecular flexibility index (Phi) is 3.53. The van der Waals surface area contributed by atoms with Crippen LogP contribution in [-0.2, 0) is 0 Å². The Balaban J connectivity index is 1.89. The molecule has 2 rings (SSSR count). The number of thioether (sulfide) groups is 1. The van der Waals surface area contributed by atoms with Crippen LogP contribution < -0.4 is 5.32 Å². The van der Waals surface area contributed by atoms with Crippen LogP contribution in [0.1, 0.15) is 52.9 Å². The van der Waals surface area contributed by atoms with Crippen LogP contribution in [-0.4, -0.2) is 23.0 Å². The van der Waals surface area contributed by atoms with E-state index in [-0.39, 0.29) is 5.54 Å². The van der Waals surface area contributed by atoms with Crippen molar-refractivity contribution in [1.29, 1.82) is 0 Å². The normalized spacial score (nSPS) is 34.8. The lowest BCUT2D eigenvalue weighted by Gasteiger charge is -2.40. The van der Waals surface area contributed by atoms with Gasteiger partial charge in [0.2, 0.25) is 0 Å². The zero-order valence-corrected chi connectivity index (χ0v) is 11.6. The van der Waals surface area contributed by atoms with Crippen LogP contribution >= 0.6 is 11.8 Å². The van der Waals surface area contributed by atoms with Crippen molar-refractivity contribution in [3.8, 4) is 0 Å². The third-order valence-electron chi connectivity index (χ3n) is 4.44. The molecule has 0 amide bonds. The summed E-state index contributed by atoms with van der Waals surface area (Å²) in [5.41, 5.74) is 0.836. The van der Waals surface area contributed by atoms with E-state index in [1.165, 1.54) is 43.0 Å². The van der Waals surface area contributed by atoms with Gasteiger partial charge in [0.25, 0.3) is 0 Å². The van der Waals surface area contributed by atoms with Crippen LogP contribution in [0.25, 0.3) is 0 Å². The first-order valence-electron chi connectivity index (χ1n) is 6.57. The summed E-state index contributed by atoms with van der Waals surface area (Å²) in [6, 6.07) is 0. The average molecular weight is 240 g/mol. The largest absolute Gasteiger partial charge is 0.359 e. The lowest BCUT2D eigenvalue weighted by atomic mass is 9.67. The number of nitrogens with one attached hydrogen (secondary N) is 1. The molecule has 2 nitrogen and oxygen atoms in total. The Labute approximate surface area is 104 Å². The average Bonchev–Trinajstić information content (AvgIpc) is 2.61. The molecule has 0 radical (unpaired) electrons. The molecule has 0 aromatic heterocycles. The van der Waals surface area contributed by atoms with Gasteiger partial charge in [0.15, 0.2) is 5.17 Å². The summed E-state index contributed by atoms with van der Waals surface area (Å²) in [4.78, 5) is 4.80. The van der Waals surface area contributed by atoms with E-state index in [1.807, 2.05) is 11.8 Å². The maximum atomic E-state index is 4.80.